The second-order valence-corrected chi connectivity index (χ2v) is 10.0. The van der Waals surface area contributed by atoms with Crippen LogP contribution in [0.2, 0.25) is 0 Å². The molecule has 3 amide bonds. The lowest BCUT2D eigenvalue weighted by Crippen LogP contribution is -2.50. The van der Waals surface area contributed by atoms with E-state index < -0.39 is 23.3 Å². The number of carboxylic acid groups (broad SMARTS) is 1. The summed E-state index contributed by atoms with van der Waals surface area (Å²) in [6.07, 6.45) is 3.54. The van der Waals surface area contributed by atoms with Crippen LogP contribution < -0.4 is 5.48 Å². The highest BCUT2D eigenvalue weighted by atomic mass is 16.5. The van der Waals surface area contributed by atoms with Gasteiger partial charge in [0.15, 0.2) is 0 Å². The molecule has 0 bridgehead atoms. The van der Waals surface area contributed by atoms with Crippen LogP contribution in [0.1, 0.15) is 44.1 Å². The van der Waals surface area contributed by atoms with Crippen LogP contribution in [0.25, 0.3) is 11.0 Å². The number of imidazole rings is 1. The first-order chi connectivity index (χ1) is 16.3. The topological polar surface area (TPSA) is 128 Å². The molecule has 3 N–H and O–H groups in total. The van der Waals surface area contributed by atoms with Crippen molar-refractivity contribution >= 4 is 28.9 Å². The van der Waals surface area contributed by atoms with Crippen LogP contribution >= 0.6 is 0 Å². The quantitative estimate of drug-likeness (QED) is 0.466. The average molecular weight is 470 g/mol. The fourth-order valence-electron chi connectivity index (χ4n) is 6.07. The summed E-state index contributed by atoms with van der Waals surface area (Å²) < 4.78 is 2.14. The van der Waals surface area contributed by atoms with Crippen molar-refractivity contribution in [2.45, 2.75) is 45.1 Å². The Morgan fingerprint density at radius 1 is 1.18 bits per heavy atom. The van der Waals surface area contributed by atoms with Crippen molar-refractivity contribution in [1.29, 1.82) is 0 Å². The number of likely N-dealkylation sites (tertiary alicyclic amines) is 2. The standard InChI is InChI=1S/C24H31N5O5/c1-2-27-14-25-19-4-3-16(9-20(19)27)15-5-7-28(8-6-15)22(31)18-11-24(18)10-17(21(30)26-34)12-29(13-24)23(32)33/h3-4,9,14-15,17-18,34H,2,5-8,10-13H2,1H3,(H,26,30)(H,32,33). The van der Waals surface area contributed by atoms with Gasteiger partial charge in [0, 0.05) is 44.1 Å². The Kier molecular flexibility index (Phi) is 5.71. The number of hydroxylamine groups is 1. The maximum absolute atomic E-state index is 13.3. The van der Waals surface area contributed by atoms with Crippen molar-refractivity contribution in [3.8, 4) is 0 Å². The number of piperidine rings is 2. The van der Waals surface area contributed by atoms with Crippen molar-refractivity contribution in [3.63, 3.8) is 0 Å². The molecule has 0 radical (unpaired) electrons. The molecule has 1 aliphatic carbocycles. The molecule has 10 heteroatoms. The number of carbonyl (C=O) groups is 3. The van der Waals surface area contributed by atoms with Gasteiger partial charge in [-0.05, 0) is 56.2 Å². The van der Waals surface area contributed by atoms with Crippen LogP contribution in [-0.4, -0.2) is 73.8 Å². The zero-order valence-electron chi connectivity index (χ0n) is 19.3. The Labute approximate surface area is 197 Å². The number of aromatic nitrogens is 2. The fraction of sp³-hybridized carbons (Fsp3) is 0.583. The van der Waals surface area contributed by atoms with E-state index in [1.54, 1.807) is 5.48 Å². The van der Waals surface area contributed by atoms with Crippen LogP contribution in [-0.2, 0) is 16.1 Å². The predicted octanol–water partition coefficient (Wildman–Crippen LogP) is 2.27. The minimum Gasteiger partial charge on any atom is -0.465 e. The van der Waals surface area contributed by atoms with Crippen molar-refractivity contribution in [1.82, 2.24) is 24.8 Å². The molecule has 1 aromatic heterocycles. The van der Waals surface area contributed by atoms with E-state index in [1.165, 1.54) is 10.5 Å². The predicted molar refractivity (Wildman–Crippen MR) is 122 cm³/mol. The van der Waals surface area contributed by atoms with E-state index >= 15 is 0 Å². The summed E-state index contributed by atoms with van der Waals surface area (Å²) in [5.74, 6) is -1.06. The number of aryl methyl sites for hydroxylation is 1. The average Bonchev–Trinajstić information content (AvgIpc) is 3.37. The van der Waals surface area contributed by atoms with Crippen LogP contribution in [0.15, 0.2) is 24.5 Å². The first kappa shape index (κ1) is 22.6. The SMILES string of the molecule is CCn1cnc2ccc(C3CCN(C(=O)C4CC45CC(C(=O)NO)CN(C(=O)O)C5)CC3)cc21. The summed E-state index contributed by atoms with van der Waals surface area (Å²) in [6, 6.07) is 6.43. The Morgan fingerprint density at radius 2 is 1.94 bits per heavy atom. The number of amides is 3. The molecule has 1 spiro atoms. The van der Waals surface area contributed by atoms with Gasteiger partial charge in [0.1, 0.15) is 0 Å². The maximum atomic E-state index is 13.3. The number of carbonyl (C=O) groups excluding carboxylic acids is 2. The first-order valence-electron chi connectivity index (χ1n) is 12.0. The van der Waals surface area contributed by atoms with Gasteiger partial charge in [-0.15, -0.1) is 0 Å². The highest BCUT2D eigenvalue weighted by Crippen LogP contribution is 2.59. The van der Waals surface area contributed by atoms with Gasteiger partial charge in [-0.1, -0.05) is 6.07 Å². The van der Waals surface area contributed by atoms with Gasteiger partial charge in [-0.25, -0.2) is 15.3 Å². The maximum Gasteiger partial charge on any atom is 0.407 e. The summed E-state index contributed by atoms with van der Waals surface area (Å²) >= 11 is 0. The van der Waals surface area contributed by atoms with Gasteiger partial charge in [-0.2, -0.15) is 0 Å². The molecular formula is C24H31N5O5. The van der Waals surface area contributed by atoms with E-state index in [2.05, 4.69) is 34.7 Å². The molecule has 10 nitrogen and oxygen atoms in total. The lowest BCUT2D eigenvalue weighted by Gasteiger charge is -2.37. The number of rotatable bonds is 4. The zero-order chi connectivity index (χ0) is 24.0. The van der Waals surface area contributed by atoms with E-state index in [4.69, 9.17) is 5.21 Å². The van der Waals surface area contributed by atoms with Crippen LogP contribution in [0.5, 0.6) is 0 Å². The lowest BCUT2D eigenvalue weighted by molar-refractivity contribution is -0.138. The number of hydrogen-bond donors (Lipinski definition) is 3. The molecule has 3 aliphatic rings. The molecular weight excluding hydrogens is 438 g/mol. The van der Waals surface area contributed by atoms with E-state index in [0.29, 0.717) is 31.8 Å². The van der Waals surface area contributed by atoms with Gasteiger partial charge in [0.25, 0.3) is 0 Å². The molecule has 2 aliphatic heterocycles. The summed E-state index contributed by atoms with van der Waals surface area (Å²) in [4.78, 5) is 44.5. The molecule has 1 aromatic carbocycles. The third-order valence-electron chi connectivity index (χ3n) is 8.10. The Morgan fingerprint density at radius 3 is 2.62 bits per heavy atom. The number of benzene rings is 1. The van der Waals surface area contributed by atoms with Crippen LogP contribution in [0.3, 0.4) is 0 Å². The fourth-order valence-corrected chi connectivity index (χ4v) is 6.07. The molecule has 34 heavy (non-hydrogen) atoms. The smallest absolute Gasteiger partial charge is 0.407 e. The monoisotopic (exact) mass is 469 g/mol. The molecule has 1 saturated carbocycles. The minimum atomic E-state index is -1.10. The molecule has 3 atom stereocenters. The summed E-state index contributed by atoms with van der Waals surface area (Å²) in [6.45, 7) is 4.61. The van der Waals surface area contributed by atoms with Crippen molar-refractivity contribution in [2.24, 2.45) is 17.3 Å². The van der Waals surface area contributed by atoms with Gasteiger partial charge >= 0.3 is 6.09 Å². The van der Waals surface area contributed by atoms with Crippen LogP contribution in [0, 0.1) is 17.3 Å². The van der Waals surface area contributed by atoms with E-state index in [1.807, 2.05) is 11.2 Å². The lowest BCUT2D eigenvalue weighted by atomic mass is 9.84. The van der Waals surface area contributed by atoms with Crippen molar-refractivity contribution in [2.75, 3.05) is 26.2 Å². The molecule has 5 rings (SSSR count). The second-order valence-electron chi connectivity index (χ2n) is 10.0. The molecule has 182 valence electrons. The third kappa shape index (κ3) is 3.89. The van der Waals surface area contributed by atoms with E-state index in [9.17, 15) is 19.5 Å². The third-order valence-corrected chi connectivity index (χ3v) is 8.10. The second kappa shape index (κ2) is 8.57. The van der Waals surface area contributed by atoms with Crippen LogP contribution in [0.4, 0.5) is 4.79 Å². The normalized spacial score (nSPS) is 27.2. The summed E-state index contributed by atoms with van der Waals surface area (Å²) in [5, 5.41) is 18.5. The summed E-state index contributed by atoms with van der Waals surface area (Å²) in [5.41, 5.74) is 4.55. The molecule has 3 unspecified atom stereocenters. The Bertz CT molecular complexity index is 1120. The highest BCUT2D eigenvalue weighted by Gasteiger charge is 2.63. The number of nitrogens with zero attached hydrogens (tertiary/aromatic N) is 4. The first-order valence-corrected chi connectivity index (χ1v) is 12.0. The van der Waals surface area contributed by atoms with Gasteiger partial charge in [0.2, 0.25) is 11.8 Å². The largest absolute Gasteiger partial charge is 0.465 e. The Balaban J connectivity index is 1.23. The number of fused-ring (bicyclic) bond motifs is 1. The number of nitrogens with one attached hydrogen (secondary N) is 1. The molecule has 2 aromatic rings. The van der Waals surface area contributed by atoms with Crippen molar-refractivity contribution in [3.05, 3.63) is 30.1 Å². The van der Waals surface area contributed by atoms with Gasteiger partial charge < -0.3 is 19.5 Å². The molecule has 3 heterocycles. The minimum absolute atomic E-state index is 0.0387. The van der Waals surface area contributed by atoms with E-state index in [-0.39, 0.29) is 24.9 Å². The highest BCUT2D eigenvalue weighted by molar-refractivity contribution is 5.84. The van der Waals surface area contributed by atoms with Gasteiger partial charge in [-0.3, -0.25) is 14.8 Å². The zero-order valence-corrected chi connectivity index (χ0v) is 19.3. The molecule has 2 saturated heterocycles. The Hall–Kier alpha value is -3.14. The van der Waals surface area contributed by atoms with Gasteiger partial charge in [0.05, 0.1) is 23.3 Å². The molecule has 3 fully saturated rings. The van der Waals surface area contributed by atoms with E-state index in [0.717, 1.165) is 30.4 Å². The van der Waals surface area contributed by atoms with Crippen molar-refractivity contribution < 1.29 is 24.7 Å². The number of hydrogen-bond acceptors (Lipinski definition) is 5. The summed E-state index contributed by atoms with van der Waals surface area (Å²) in [7, 11) is 0.